The molecule has 0 bridgehead atoms. The minimum absolute atomic E-state index is 0.125. The SMILES string of the molecule is O=C(COc1cccc(NC(=O)C(F)(F)C(F)F)c1)N1CCOCC1. The van der Waals surface area contributed by atoms with Crippen molar-refractivity contribution in [2.24, 2.45) is 0 Å². The van der Waals surface area contributed by atoms with E-state index in [9.17, 15) is 27.2 Å². The molecule has 0 unspecified atom stereocenters. The third kappa shape index (κ3) is 5.05. The summed E-state index contributed by atoms with van der Waals surface area (Å²) < 4.78 is 60.5. The first kappa shape index (κ1) is 19.0. The summed E-state index contributed by atoms with van der Waals surface area (Å²) in [6, 6.07) is 5.19. The number of anilines is 1. The molecule has 1 aliphatic heterocycles. The van der Waals surface area contributed by atoms with E-state index in [0.717, 1.165) is 6.07 Å². The highest BCUT2D eigenvalue weighted by Gasteiger charge is 2.48. The second kappa shape index (κ2) is 8.15. The summed E-state index contributed by atoms with van der Waals surface area (Å²) in [5.41, 5.74) is -0.151. The van der Waals surface area contributed by atoms with Crippen LogP contribution in [0.5, 0.6) is 5.75 Å². The predicted octanol–water partition coefficient (Wildman–Crippen LogP) is 1.76. The Morgan fingerprint density at radius 2 is 1.96 bits per heavy atom. The molecule has 1 aromatic rings. The van der Waals surface area contributed by atoms with Crippen LogP contribution in [0.25, 0.3) is 0 Å². The number of amides is 2. The van der Waals surface area contributed by atoms with Crippen LogP contribution in [0, 0.1) is 0 Å². The number of halogens is 4. The van der Waals surface area contributed by atoms with Crippen molar-refractivity contribution in [2.75, 3.05) is 38.2 Å². The zero-order valence-electron chi connectivity index (χ0n) is 13.0. The lowest BCUT2D eigenvalue weighted by Gasteiger charge is -2.26. The van der Waals surface area contributed by atoms with E-state index in [1.165, 1.54) is 18.2 Å². The van der Waals surface area contributed by atoms with E-state index >= 15 is 0 Å². The topological polar surface area (TPSA) is 67.9 Å². The highest BCUT2D eigenvalue weighted by molar-refractivity contribution is 5.96. The quantitative estimate of drug-likeness (QED) is 0.782. The summed E-state index contributed by atoms with van der Waals surface area (Å²) in [6.07, 6.45) is -4.11. The smallest absolute Gasteiger partial charge is 0.383 e. The van der Waals surface area contributed by atoms with Gasteiger partial charge in [0.2, 0.25) is 0 Å². The van der Waals surface area contributed by atoms with Crippen LogP contribution in [-0.4, -0.2) is 62.0 Å². The molecule has 0 aliphatic carbocycles. The van der Waals surface area contributed by atoms with Gasteiger partial charge in [0.05, 0.1) is 13.2 Å². The number of rotatable bonds is 6. The third-order valence-electron chi connectivity index (χ3n) is 3.39. The van der Waals surface area contributed by atoms with Crippen molar-refractivity contribution >= 4 is 17.5 Å². The molecule has 6 nitrogen and oxygen atoms in total. The van der Waals surface area contributed by atoms with Gasteiger partial charge in [-0.15, -0.1) is 0 Å². The first-order valence-corrected chi connectivity index (χ1v) is 7.36. The lowest BCUT2D eigenvalue weighted by Crippen LogP contribution is -2.43. The zero-order valence-corrected chi connectivity index (χ0v) is 13.0. The molecule has 1 aromatic carbocycles. The average molecular weight is 364 g/mol. The second-order valence-corrected chi connectivity index (χ2v) is 5.19. The lowest BCUT2D eigenvalue weighted by atomic mass is 10.2. The number of nitrogens with one attached hydrogen (secondary N) is 1. The number of alkyl halides is 4. The number of nitrogens with zero attached hydrogens (tertiary/aromatic N) is 1. The Kier molecular flexibility index (Phi) is 6.18. The fraction of sp³-hybridized carbons (Fsp3) is 0.467. The van der Waals surface area contributed by atoms with E-state index in [2.05, 4.69) is 0 Å². The molecule has 10 heteroatoms. The minimum Gasteiger partial charge on any atom is -0.484 e. The van der Waals surface area contributed by atoms with Gasteiger partial charge in [-0.1, -0.05) is 6.07 Å². The van der Waals surface area contributed by atoms with Crippen molar-refractivity contribution in [1.82, 2.24) is 4.90 Å². The standard InChI is InChI=1S/C15H16F4N2O4/c16-13(17)15(18,19)14(23)20-10-2-1-3-11(8-10)25-9-12(22)21-4-6-24-7-5-21/h1-3,8,13H,4-7,9H2,(H,20,23). The van der Waals surface area contributed by atoms with Crippen LogP contribution >= 0.6 is 0 Å². The number of carbonyl (C=O) groups is 2. The molecule has 1 aliphatic rings. The van der Waals surface area contributed by atoms with Crippen molar-refractivity contribution in [1.29, 1.82) is 0 Å². The van der Waals surface area contributed by atoms with Gasteiger partial charge in [0.25, 0.3) is 5.91 Å². The molecule has 0 aromatic heterocycles. The molecule has 1 heterocycles. The molecule has 0 spiro atoms. The molecule has 2 rings (SSSR count). The highest BCUT2D eigenvalue weighted by atomic mass is 19.3. The molecule has 1 fully saturated rings. The first-order chi connectivity index (χ1) is 11.8. The van der Waals surface area contributed by atoms with Crippen molar-refractivity contribution in [3.05, 3.63) is 24.3 Å². The first-order valence-electron chi connectivity index (χ1n) is 7.36. The van der Waals surface area contributed by atoms with Crippen LogP contribution in [0.2, 0.25) is 0 Å². The largest absolute Gasteiger partial charge is 0.484 e. The Hall–Kier alpha value is -2.36. The molecule has 138 valence electrons. The summed E-state index contributed by atoms with van der Waals surface area (Å²) in [4.78, 5) is 24.7. The molecule has 0 atom stereocenters. The third-order valence-corrected chi connectivity index (χ3v) is 3.39. The second-order valence-electron chi connectivity index (χ2n) is 5.19. The summed E-state index contributed by atoms with van der Waals surface area (Å²) in [5, 5.41) is 1.69. The number of benzene rings is 1. The van der Waals surface area contributed by atoms with E-state index in [0.29, 0.717) is 26.3 Å². The molecule has 0 radical (unpaired) electrons. The van der Waals surface area contributed by atoms with E-state index < -0.39 is 18.3 Å². The van der Waals surface area contributed by atoms with Crippen LogP contribution in [0.4, 0.5) is 23.2 Å². The Morgan fingerprint density at radius 1 is 1.28 bits per heavy atom. The molecule has 1 saturated heterocycles. The maximum Gasteiger partial charge on any atom is 0.383 e. The average Bonchev–Trinajstić information content (AvgIpc) is 2.60. The van der Waals surface area contributed by atoms with E-state index in [1.807, 2.05) is 0 Å². The molecule has 0 saturated carbocycles. The van der Waals surface area contributed by atoms with Gasteiger partial charge in [-0.05, 0) is 12.1 Å². The van der Waals surface area contributed by atoms with Crippen LogP contribution in [0.15, 0.2) is 24.3 Å². The zero-order chi connectivity index (χ0) is 18.4. The van der Waals surface area contributed by atoms with Crippen molar-refractivity contribution in [2.45, 2.75) is 12.3 Å². The molecule has 1 N–H and O–H groups in total. The number of carbonyl (C=O) groups excluding carboxylic acids is 2. The summed E-state index contributed by atoms with van der Waals surface area (Å²) in [7, 11) is 0. The number of morpholine rings is 1. The molecular weight excluding hydrogens is 348 g/mol. The summed E-state index contributed by atoms with van der Waals surface area (Å²) in [5.74, 6) is -7.07. The van der Waals surface area contributed by atoms with Gasteiger partial charge >= 0.3 is 18.3 Å². The van der Waals surface area contributed by atoms with Crippen LogP contribution in [0.3, 0.4) is 0 Å². The number of ether oxygens (including phenoxy) is 2. The van der Waals surface area contributed by atoms with Gasteiger partial charge in [0, 0.05) is 24.8 Å². The number of hydrogen-bond donors (Lipinski definition) is 1. The van der Waals surface area contributed by atoms with E-state index in [1.54, 1.807) is 10.2 Å². The Labute approximate surface area is 140 Å². The molecule has 25 heavy (non-hydrogen) atoms. The monoisotopic (exact) mass is 364 g/mol. The number of hydrogen-bond acceptors (Lipinski definition) is 4. The van der Waals surface area contributed by atoms with Gasteiger partial charge < -0.3 is 19.7 Å². The Bertz CT molecular complexity index is 621. The van der Waals surface area contributed by atoms with E-state index in [4.69, 9.17) is 9.47 Å². The maximum atomic E-state index is 12.9. The van der Waals surface area contributed by atoms with Crippen molar-refractivity contribution < 1.29 is 36.6 Å². The van der Waals surface area contributed by atoms with Gasteiger partial charge in [0.15, 0.2) is 6.61 Å². The highest BCUT2D eigenvalue weighted by Crippen LogP contribution is 2.25. The van der Waals surface area contributed by atoms with Gasteiger partial charge in [0.1, 0.15) is 5.75 Å². The summed E-state index contributed by atoms with van der Waals surface area (Å²) >= 11 is 0. The summed E-state index contributed by atoms with van der Waals surface area (Å²) in [6.45, 7) is 1.48. The van der Waals surface area contributed by atoms with Crippen molar-refractivity contribution in [3.8, 4) is 5.75 Å². The molecule has 2 amide bonds. The fourth-order valence-electron chi connectivity index (χ4n) is 2.03. The van der Waals surface area contributed by atoms with E-state index in [-0.39, 0.29) is 24.0 Å². The van der Waals surface area contributed by atoms with Crippen LogP contribution in [-0.2, 0) is 14.3 Å². The Morgan fingerprint density at radius 3 is 2.60 bits per heavy atom. The Balaban J connectivity index is 1.92. The van der Waals surface area contributed by atoms with Crippen LogP contribution in [0.1, 0.15) is 0 Å². The fourth-order valence-corrected chi connectivity index (χ4v) is 2.03. The lowest BCUT2D eigenvalue weighted by molar-refractivity contribution is -0.163. The predicted molar refractivity (Wildman–Crippen MR) is 78.9 cm³/mol. The van der Waals surface area contributed by atoms with Crippen LogP contribution < -0.4 is 10.1 Å². The van der Waals surface area contributed by atoms with Gasteiger partial charge in [-0.25, -0.2) is 8.78 Å². The van der Waals surface area contributed by atoms with Gasteiger partial charge in [-0.3, -0.25) is 9.59 Å². The minimum atomic E-state index is -4.80. The molecular formula is C15H16F4N2O4. The van der Waals surface area contributed by atoms with Crippen molar-refractivity contribution in [3.63, 3.8) is 0 Å². The maximum absolute atomic E-state index is 12.9. The normalized spacial score (nSPS) is 15.2. The van der Waals surface area contributed by atoms with Gasteiger partial charge in [-0.2, -0.15) is 8.78 Å².